The molecule has 128 valence electrons. The first-order valence-corrected chi connectivity index (χ1v) is 7.35. The SMILES string of the molecule is N#Cc1cccc(NC(=O)CN2C(=O)c3ccc([N+](=O)[O-])cc3C2=O)c1. The number of non-ortho nitro benzene ring substituents is 1. The second kappa shape index (κ2) is 6.45. The van der Waals surface area contributed by atoms with E-state index in [1.165, 1.54) is 12.1 Å². The van der Waals surface area contributed by atoms with Crippen molar-refractivity contribution < 1.29 is 19.3 Å². The van der Waals surface area contributed by atoms with Crippen LogP contribution in [-0.2, 0) is 4.79 Å². The van der Waals surface area contributed by atoms with Gasteiger partial charge in [-0.05, 0) is 24.3 Å². The van der Waals surface area contributed by atoms with Gasteiger partial charge >= 0.3 is 0 Å². The van der Waals surface area contributed by atoms with Crippen molar-refractivity contribution >= 4 is 29.1 Å². The molecule has 2 aromatic carbocycles. The summed E-state index contributed by atoms with van der Waals surface area (Å²) in [5.74, 6) is -2.10. The summed E-state index contributed by atoms with van der Waals surface area (Å²) in [5, 5.41) is 22.2. The number of hydrogen-bond donors (Lipinski definition) is 1. The Morgan fingerprint density at radius 2 is 1.88 bits per heavy atom. The van der Waals surface area contributed by atoms with Crippen LogP contribution in [0.15, 0.2) is 42.5 Å². The van der Waals surface area contributed by atoms with E-state index in [2.05, 4.69) is 5.32 Å². The molecular weight excluding hydrogens is 340 g/mol. The van der Waals surface area contributed by atoms with Gasteiger partial charge < -0.3 is 5.32 Å². The van der Waals surface area contributed by atoms with E-state index in [1.807, 2.05) is 6.07 Å². The molecule has 3 rings (SSSR count). The maximum atomic E-state index is 12.3. The number of nitriles is 1. The van der Waals surface area contributed by atoms with Crippen molar-refractivity contribution in [2.75, 3.05) is 11.9 Å². The highest BCUT2D eigenvalue weighted by atomic mass is 16.6. The largest absolute Gasteiger partial charge is 0.324 e. The van der Waals surface area contributed by atoms with E-state index < -0.39 is 29.2 Å². The number of imide groups is 1. The number of nitrogens with zero attached hydrogens (tertiary/aromatic N) is 3. The zero-order valence-electron chi connectivity index (χ0n) is 13.1. The third-order valence-electron chi connectivity index (χ3n) is 3.74. The van der Waals surface area contributed by atoms with Crippen LogP contribution >= 0.6 is 0 Å². The fourth-order valence-electron chi connectivity index (χ4n) is 2.55. The molecule has 0 spiro atoms. The number of nitro groups is 1. The highest BCUT2D eigenvalue weighted by Crippen LogP contribution is 2.26. The molecule has 1 aliphatic rings. The number of rotatable bonds is 4. The van der Waals surface area contributed by atoms with Gasteiger partial charge in [-0.3, -0.25) is 29.4 Å². The van der Waals surface area contributed by atoms with Crippen LogP contribution in [0, 0.1) is 21.4 Å². The minimum Gasteiger partial charge on any atom is -0.324 e. The van der Waals surface area contributed by atoms with Gasteiger partial charge in [-0.1, -0.05) is 6.07 Å². The molecule has 0 fully saturated rings. The molecule has 9 nitrogen and oxygen atoms in total. The fraction of sp³-hybridized carbons (Fsp3) is 0.0588. The van der Waals surface area contributed by atoms with E-state index in [-0.39, 0.29) is 16.8 Å². The number of anilines is 1. The van der Waals surface area contributed by atoms with Crippen molar-refractivity contribution in [1.82, 2.24) is 4.90 Å². The van der Waals surface area contributed by atoms with Crippen LogP contribution in [0.1, 0.15) is 26.3 Å². The molecule has 0 saturated heterocycles. The number of benzene rings is 2. The molecule has 3 amide bonds. The summed E-state index contributed by atoms with van der Waals surface area (Å²) in [7, 11) is 0. The van der Waals surface area contributed by atoms with E-state index in [9.17, 15) is 24.5 Å². The second-order valence-electron chi connectivity index (χ2n) is 5.42. The van der Waals surface area contributed by atoms with Gasteiger partial charge in [0, 0.05) is 17.8 Å². The van der Waals surface area contributed by atoms with E-state index in [0.717, 1.165) is 17.0 Å². The zero-order chi connectivity index (χ0) is 18.8. The normalized spacial score (nSPS) is 12.5. The second-order valence-corrected chi connectivity index (χ2v) is 5.42. The molecule has 0 bridgehead atoms. The van der Waals surface area contributed by atoms with Crippen LogP contribution in [0.3, 0.4) is 0 Å². The first-order valence-electron chi connectivity index (χ1n) is 7.35. The molecule has 0 radical (unpaired) electrons. The van der Waals surface area contributed by atoms with Crippen molar-refractivity contribution in [3.8, 4) is 6.07 Å². The number of hydrogen-bond acceptors (Lipinski definition) is 6. The molecular formula is C17H10N4O5. The average molecular weight is 350 g/mol. The van der Waals surface area contributed by atoms with E-state index in [4.69, 9.17) is 5.26 Å². The molecule has 26 heavy (non-hydrogen) atoms. The average Bonchev–Trinajstić information content (AvgIpc) is 2.86. The Balaban J connectivity index is 1.77. The van der Waals surface area contributed by atoms with Crippen LogP contribution in [0.4, 0.5) is 11.4 Å². The predicted molar refractivity (Wildman–Crippen MR) is 88.3 cm³/mol. The third-order valence-corrected chi connectivity index (χ3v) is 3.74. The fourth-order valence-corrected chi connectivity index (χ4v) is 2.55. The number of carbonyl (C=O) groups is 3. The minimum absolute atomic E-state index is 0.0138. The van der Waals surface area contributed by atoms with Crippen molar-refractivity contribution in [2.24, 2.45) is 0 Å². The summed E-state index contributed by atoms with van der Waals surface area (Å²) < 4.78 is 0. The van der Waals surface area contributed by atoms with Gasteiger partial charge in [-0.25, -0.2) is 0 Å². The molecule has 2 aromatic rings. The molecule has 0 unspecified atom stereocenters. The first-order chi connectivity index (χ1) is 12.4. The Morgan fingerprint density at radius 3 is 2.58 bits per heavy atom. The summed E-state index contributed by atoms with van der Waals surface area (Å²) in [5.41, 5.74) is 0.282. The summed E-state index contributed by atoms with van der Waals surface area (Å²) in [6.07, 6.45) is 0. The molecule has 1 aliphatic heterocycles. The van der Waals surface area contributed by atoms with Gasteiger partial charge in [-0.2, -0.15) is 5.26 Å². The van der Waals surface area contributed by atoms with Crippen molar-refractivity contribution in [3.63, 3.8) is 0 Å². The van der Waals surface area contributed by atoms with Crippen LogP contribution in [-0.4, -0.2) is 34.1 Å². The maximum absolute atomic E-state index is 12.3. The summed E-state index contributed by atoms with van der Waals surface area (Å²) >= 11 is 0. The molecule has 1 N–H and O–H groups in total. The zero-order valence-corrected chi connectivity index (χ0v) is 13.1. The summed E-state index contributed by atoms with van der Waals surface area (Å²) in [6, 6.07) is 11.4. The lowest BCUT2D eigenvalue weighted by Gasteiger charge is -2.13. The van der Waals surface area contributed by atoms with Crippen LogP contribution in [0.5, 0.6) is 0 Å². The Bertz CT molecular complexity index is 1010. The summed E-state index contributed by atoms with van der Waals surface area (Å²) in [6.45, 7) is -0.545. The third kappa shape index (κ3) is 2.99. The molecule has 1 heterocycles. The molecule has 0 atom stereocenters. The molecule has 0 aromatic heterocycles. The highest BCUT2D eigenvalue weighted by molar-refractivity contribution is 6.23. The lowest BCUT2D eigenvalue weighted by molar-refractivity contribution is -0.384. The van der Waals surface area contributed by atoms with Crippen molar-refractivity contribution in [2.45, 2.75) is 0 Å². The number of nitrogens with one attached hydrogen (secondary N) is 1. The van der Waals surface area contributed by atoms with Gasteiger partial charge in [-0.15, -0.1) is 0 Å². The quantitative estimate of drug-likeness (QED) is 0.507. The predicted octanol–water partition coefficient (Wildman–Crippen LogP) is 1.70. The van der Waals surface area contributed by atoms with E-state index in [1.54, 1.807) is 18.2 Å². The van der Waals surface area contributed by atoms with Gasteiger partial charge in [0.2, 0.25) is 5.91 Å². The van der Waals surface area contributed by atoms with Crippen LogP contribution < -0.4 is 5.32 Å². The number of nitro benzene ring substituents is 1. The van der Waals surface area contributed by atoms with Gasteiger partial charge in [0.15, 0.2) is 0 Å². The monoisotopic (exact) mass is 350 g/mol. The van der Waals surface area contributed by atoms with Crippen molar-refractivity contribution in [1.29, 1.82) is 5.26 Å². The molecule has 0 saturated carbocycles. The standard InChI is InChI=1S/C17H10N4O5/c18-8-10-2-1-3-11(6-10)19-15(22)9-20-16(23)13-5-4-12(21(25)26)7-14(13)17(20)24/h1-7H,9H2,(H,19,22). The number of fused-ring (bicyclic) bond motifs is 1. The van der Waals surface area contributed by atoms with Gasteiger partial charge in [0.1, 0.15) is 6.54 Å². The molecule has 9 heteroatoms. The van der Waals surface area contributed by atoms with Crippen LogP contribution in [0.2, 0.25) is 0 Å². The van der Waals surface area contributed by atoms with Crippen LogP contribution in [0.25, 0.3) is 0 Å². The van der Waals surface area contributed by atoms with Crippen molar-refractivity contribution in [3.05, 3.63) is 69.3 Å². The summed E-state index contributed by atoms with van der Waals surface area (Å²) in [4.78, 5) is 47.6. The first kappa shape index (κ1) is 16.8. The Morgan fingerprint density at radius 1 is 1.15 bits per heavy atom. The topological polar surface area (TPSA) is 133 Å². The van der Waals surface area contributed by atoms with E-state index in [0.29, 0.717) is 11.3 Å². The Kier molecular flexibility index (Phi) is 4.16. The number of amides is 3. The lowest BCUT2D eigenvalue weighted by Crippen LogP contribution is -2.37. The maximum Gasteiger partial charge on any atom is 0.270 e. The van der Waals surface area contributed by atoms with E-state index >= 15 is 0 Å². The minimum atomic E-state index is -0.769. The number of carbonyl (C=O) groups excluding carboxylic acids is 3. The Hall–Kier alpha value is -4.06. The lowest BCUT2D eigenvalue weighted by atomic mass is 10.1. The molecule has 0 aliphatic carbocycles. The van der Waals surface area contributed by atoms with Gasteiger partial charge in [0.05, 0.1) is 27.7 Å². The Labute approximate surface area is 146 Å². The van der Waals surface area contributed by atoms with Gasteiger partial charge in [0.25, 0.3) is 17.5 Å². The highest BCUT2D eigenvalue weighted by Gasteiger charge is 2.37. The smallest absolute Gasteiger partial charge is 0.270 e.